The van der Waals surface area contributed by atoms with Gasteiger partial charge in [-0.25, -0.2) is 0 Å². The first kappa shape index (κ1) is 10.5. The number of hydrogen-bond acceptors (Lipinski definition) is 4. The van der Waals surface area contributed by atoms with Crippen LogP contribution in [-0.4, -0.2) is 29.7 Å². The molecule has 0 aromatic heterocycles. The molecule has 0 atom stereocenters. The van der Waals surface area contributed by atoms with Crippen molar-refractivity contribution < 1.29 is 19.7 Å². The van der Waals surface area contributed by atoms with Gasteiger partial charge >= 0.3 is 0 Å². The summed E-state index contributed by atoms with van der Waals surface area (Å²) >= 11 is 0. The van der Waals surface area contributed by atoms with Crippen molar-refractivity contribution in [3.05, 3.63) is 23.8 Å². The Hall–Kier alpha value is -1.55. The molecule has 0 aliphatic rings. The molecule has 0 saturated carbocycles. The lowest BCUT2D eigenvalue weighted by molar-refractivity contribution is 0.111. The lowest BCUT2D eigenvalue weighted by atomic mass is 10.2. The molecule has 0 amide bonds. The molecule has 0 saturated heterocycles. The fourth-order valence-electron chi connectivity index (χ4n) is 1.01. The number of carbonyl (C=O) groups is 1. The molecule has 1 rings (SSSR count). The van der Waals surface area contributed by atoms with Gasteiger partial charge in [0.2, 0.25) is 0 Å². The van der Waals surface area contributed by atoms with Crippen LogP contribution in [0.15, 0.2) is 18.2 Å². The summed E-state index contributed by atoms with van der Waals surface area (Å²) in [5, 5.41) is 17.6. The van der Waals surface area contributed by atoms with Crippen molar-refractivity contribution in [2.45, 2.75) is 6.42 Å². The highest BCUT2D eigenvalue weighted by molar-refractivity contribution is 5.80. The first-order valence-electron chi connectivity index (χ1n) is 4.30. The van der Waals surface area contributed by atoms with Crippen LogP contribution in [0.4, 0.5) is 0 Å². The van der Waals surface area contributed by atoms with Gasteiger partial charge in [-0.1, -0.05) is 0 Å². The van der Waals surface area contributed by atoms with Gasteiger partial charge in [0.25, 0.3) is 0 Å². The maximum absolute atomic E-state index is 10.6. The van der Waals surface area contributed by atoms with Crippen LogP contribution in [0.5, 0.6) is 11.5 Å². The number of rotatable bonds is 5. The maximum atomic E-state index is 10.6. The average Bonchev–Trinajstić information content (AvgIpc) is 2.20. The highest BCUT2D eigenvalue weighted by atomic mass is 16.5. The molecule has 4 nitrogen and oxygen atoms in total. The van der Waals surface area contributed by atoms with E-state index in [1.54, 1.807) is 0 Å². The molecule has 0 aliphatic carbocycles. The standard InChI is InChI=1S/C10H12O4/c11-4-1-5-14-10-3-2-9(13)6-8(10)7-12/h2-3,6-7,11,13H,1,4-5H2. The fourth-order valence-corrected chi connectivity index (χ4v) is 1.01. The molecule has 76 valence electrons. The van der Waals surface area contributed by atoms with Gasteiger partial charge in [-0.3, -0.25) is 4.79 Å². The number of aldehydes is 1. The predicted octanol–water partition coefficient (Wildman–Crippen LogP) is 0.966. The molecular weight excluding hydrogens is 184 g/mol. The van der Waals surface area contributed by atoms with Crippen molar-refractivity contribution in [3.8, 4) is 11.5 Å². The van der Waals surface area contributed by atoms with Crippen LogP contribution < -0.4 is 4.74 Å². The maximum Gasteiger partial charge on any atom is 0.153 e. The normalized spacial score (nSPS) is 9.79. The molecule has 0 radical (unpaired) electrons. The van der Waals surface area contributed by atoms with E-state index in [-0.39, 0.29) is 12.4 Å². The van der Waals surface area contributed by atoms with Crippen LogP contribution in [0.2, 0.25) is 0 Å². The summed E-state index contributed by atoms with van der Waals surface area (Å²) in [4.78, 5) is 10.6. The Morgan fingerprint density at radius 2 is 2.21 bits per heavy atom. The van der Waals surface area contributed by atoms with E-state index in [4.69, 9.17) is 14.9 Å². The summed E-state index contributed by atoms with van der Waals surface area (Å²) in [6, 6.07) is 4.30. The summed E-state index contributed by atoms with van der Waals surface area (Å²) in [6.45, 7) is 0.399. The zero-order valence-electron chi connectivity index (χ0n) is 7.64. The van der Waals surface area contributed by atoms with Crippen LogP contribution in [0.1, 0.15) is 16.8 Å². The van der Waals surface area contributed by atoms with Gasteiger partial charge in [0.1, 0.15) is 11.5 Å². The number of benzene rings is 1. The third-order valence-corrected chi connectivity index (χ3v) is 1.68. The number of phenols is 1. The Labute approximate surface area is 81.8 Å². The molecule has 0 unspecified atom stereocenters. The molecule has 1 aromatic rings. The number of aliphatic hydroxyl groups excluding tert-OH is 1. The summed E-state index contributed by atoms with van der Waals surface area (Å²) < 4.78 is 5.22. The Bertz CT molecular complexity index is 309. The number of hydrogen-bond donors (Lipinski definition) is 2. The lowest BCUT2D eigenvalue weighted by Crippen LogP contribution is -2.01. The molecule has 0 fully saturated rings. The Morgan fingerprint density at radius 1 is 1.43 bits per heavy atom. The number of aromatic hydroxyl groups is 1. The van der Waals surface area contributed by atoms with Crippen LogP contribution >= 0.6 is 0 Å². The smallest absolute Gasteiger partial charge is 0.153 e. The molecule has 2 N–H and O–H groups in total. The van der Waals surface area contributed by atoms with Gasteiger partial charge in [0, 0.05) is 13.0 Å². The van der Waals surface area contributed by atoms with E-state index in [0.717, 1.165) is 0 Å². The molecule has 4 heteroatoms. The minimum Gasteiger partial charge on any atom is -0.508 e. The van der Waals surface area contributed by atoms with Crippen LogP contribution in [0, 0.1) is 0 Å². The van der Waals surface area contributed by atoms with Crippen LogP contribution in [-0.2, 0) is 0 Å². The average molecular weight is 196 g/mol. The third kappa shape index (κ3) is 2.74. The zero-order valence-corrected chi connectivity index (χ0v) is 7.64. The van der Waals surface area contributed by atoms with Gasteiger partial charge in [-0.05, 0) is 18.2 Å². The molecule has 0 aliphatic heterocycles. The van der Waals surface area contributed by atoms with Crippen molar-refractivity contribution in [2.24, 2.45) is 0 Å². The van der Waals surface area contributed by atoms with E-state index < -0.39 is 0 Å². The van der Waals surface area contributed by atoms with Gasteiger partial charge < -0.3 is 14.9 Å². The summed E-state index contributed by atoms with van der Waals surface area (Å²) in [5.41, 5.74) is 0.308. The second-order valence-corrected chi connectivity index (χ2v) is 2.77. The Morgan fingerprint density at radius 3 is 2.86 bits per heavy atom. The Kier molecular flexibility index (Phi) is 3.94. The molecule has 0 spiro atoms. The van der Waals surface area contributed by atoms with Crippen molar-refractivity contribution in [2.75, 3.05) is 13.2 Å². The van der Waals surface area contributed by atoms with Crippen molar-refractivity contribution in [3.63, 3.8) is 0 Å². The fraction of sp³-hybridized carbons (Fsp3) is 0.300. The van der Waals surface area contributed by atoms with Gasteiger partial charge in [0.05, 0.1) is 12.2 Å². The van der Waals surface area contributed by atoms with Gasteiger partial charge in [-0.2, -0.15) is 0 Å². The summed E-state index contributed by atoms with van der Waals surface area (Å²) in [5.74, 6) is 0.452. The highest BCUT2D eigenvalue weighted by Crippen LogP contribution is 2.21. The van der Waals surface area contributed by atoms with E-state index in [1.807, 2.05) is 0 Å². The van der Waals surface area contributed by atoms with Crippen molar-refractivity contribution in [1.82, 2.24) is 0 Å². The van der Waals surface area contributed by atoms with Gasteiger partial charge in [0.15, 0.2) is 6.29 Å². The SMILES string of the molecule is O=Cc1cc(O)ccc1OCCCO. The summed E-state index contributed by atoms with van der Waals surface area (Å²) in [6.07, 6.45) is 1.13. The van der Waals surface area contributed by atoms with Gasteiger partial charge in [-0.15, -0.1) is 0 Å². The monoisotopic (exact) mass is 196 g/mol. The zero-order chi connectivity index (χ0) is 10.4. The first-order chi connectivity index (χ1) is 6.77. The molecule has 14 heavy (non-hydrogen) atoms. The number of ether oxygens (including phenoxy) is 1. The minimum atomic E-state index is 0.0293. The molecule has 0 heterocycles. The minimum absolute atomic E-state index is 0.0293. The number of carbonyl (C=O) groups excluding carboxylic acids is 1. The summed E-state index contributed by atoms with van der Waals surface area (Å²) in [7, 11) is 0. The first-order valence-corrected chi connectivity index (χ1v) is 4.30. The second kappa shape index (κ2) is 5.24. The highest BCUT2D eigenvalue weighted by Gasteiger charge is 2.03. The topological polar surface area (TPSA) is 66.8 Å². The van der Waals surface area contributed by atoms with Crippen molar-refractivity contribution >= 4 is 6.29 Å². The third-order valence-electron chi connectivity index (χ3n) is 1.68. The van der Waals surface area contributed by atoms with E-state index in [2.05, 4.69) is 0 Å². The van der Waals surface area contributed by atoms with Crippen molar-refractivity contribution in [1.29, 1.82) is 0 Å². The Balaban J connectivity index is 2.70. The largest absolute Gasteiger partial charge is 0.508 e. The predicted molar refractivity (Wildman–Crippen MR) is 50.7 cm³/mol. The van der Waals surface area contributed by atoms with E-state index >= 15 is 0 Å². The number of phenolic OH excluding ortho intramolecular Hbond substituents is 1. The molecule has 0 bridgehead atoms. The van der Waals surface area contributed by atoms with E-state index in [1.165, 1.54) is 18.2 Å². The van der Waals surface area contributed by atoms with Crippen LogP contribution in [0.3, 0.4) is 0 Å². The number of aliphatic hydroxyl groups is 1. The molecular formula is C10H12O4. The molecule has 1 aromatic carbocycles. The van der Waals surface area contributed by atoms with Crippen LogP contribution in [0.25, 0.3) is 0 Å². The van der Waals surface area contributed by atoms with E-state index in [9.17, 15) is 4.79 Å². The lowest BCUT2D eigenvalue weighted by Gasteiger charge is -2.07. The van der Waals surface area contributed by atoms with E-state index in [0.29, 0.717) is 30.6 Å². The second-order valence-electron chi connectivity index (χ2n) is 2.77. The quantitative estimate of drug-likeness (QED) is 0.544.